The molecule has 2 atom stereocenters. The Bertz CT molecular complexity index is 525. The fraction of sp³-hybridized carbons (Fsp3) is 0.632. The predicted octanol–water partition coefficient (Wildman–Crippen LogP) is 3.01. The molecule has 0 bridgehead atoms. The minimum Gasteiger partial charge on any atom is -0.355 e. The fourth-order valence-corrected chi connectivity index (χ4v) is 3.73. The van der Waals surface area contributed by atoms with E-state index < -0.39 is 0 Å². The lowest BCUT2D eigenvalue weighted by Crippen LogP contribution is -2.47. The lowest BCUT2D eigenvalue weighted by molar-refractivity contribution is 0.262. The van der Waals surface area contributed by atoms with Crippen LogP contribution < -0.4 is 5.32 Å². The van der Waals surface area contributed by atoms with E-state index in [0.717, 1.165) is 31.5 Å². The second-order valence-electron chi connectivity index (χ2n) is 7.14. The van der Waals surface area contributed by atoms with Gasteiger partial charge in [-0.05, 0) is 44.8 Å². The highest BCUT2D eigenvalue weighted by Gasteiger charge is 2.33. The van der Waals surface area contributed by atoms with Gasteiger partial charge < -0.3 is 15.1 Å². The second kappa shape index (κ2) is 9.04. The van der Waals surface area contributed by atoms with E-state index in [9.17, 15) is 0 Å². The van der Waals surface area contributed by atoms with E-state index >= 15 is 0 Å². The molecule has 1 aromatic carbocycles. The number of hydrogen-bond donors (Lipinski definition) is 1. The molecule has 1 saturated carbocycles. The maximum atomic E-state index is 4.52. The summed E-state index contributed by atoms with van der Waals surface area (Å²) in [7, 11) is 6.28. The third kappa shape index (κ3) is 4.85. The van der Waals surface area contributed by atoms with Gasteiger partial charge in [0.2, 0.25) is 0 Å². The van der Waals surface area contributed by atoms with Crippen LogP contribution in [0.25, 0.3) is 0 Å². The van der Waals surface area contributed by atoms with Crippen molar-refractivity contribution in [1.29, 1.82) is 0 Å². The van der Waals surface area contributed by atoms with Crippen molar-refractivity contribution in [2.45, 2.75) is 31.2 Å². The van der Waals surface area contributed by atoms with Crippen LogP contribution >= 0.6 is 24.0 Å². The molecule has 2 fully saturated rings. The Balaban J connectivity index is 0.00000208. The number of nitrogens with zero attached hydrogens (tertiary/aromatic N) is 3. The Kier molecular flexibility index (Phi) is 7.34. The van der Waals surface area contributed by atoms with Gasteiger partial charge in [-0.1, -0.05) is 30.3 Å². The first-order chi connectivity index (χ1) is 11.2. The van der Waals surface area contributed by atoms with Gasteiger partial charge >= 0.3 is 0 Å². The van der Waals surface area contributed by atoms with Crippen molar-refractivity contribution in [2.75, 3.05) is 40.8 Å². The summed E-state index contributed by atoms with van der Waals surface area (Å²) in [5.41, 5.74) is 1.45. The Morgan fingerprint density at radius 2 is 1.96 bits per heavy atom. The maximum Gasteiger partial charge on any atom is 0.193 e. The van der Waals surface area contributed by atoms with Crippen molar-refractivity contribution in [1.82, 2.24) is 15.1 Å². The van der Waals surface area contributed by atoms with Gasteiger partial charge in [0, 0.05) is 38.6 Å². The fourth-order valence-electron chi connectivity index (χ4n) is 3.73. The highest BCUT2D eigenvalue weighted by atomic mass is 127. The summed E-state index contributed by atoms with van der Waals surface area (Å²) in [6.45, 7) is 3.16. The summed E-state index contributed by atoms with van der Waals surface area (Å²) in [6.07, 6.45) is 3.97. The largest absolute Gasteiger partial charge is 0.355 e. The summed E-state index contributed by atoms with van der Waals surface area (Å²) in [5, 5.41) is 3.62. The van der Waals surface area contributed by atoms with E-state index in [2.05, 4.69) is 64.5 Å². The van der Waals surface area contributed by atoms with Crippen molar-refractivity contribution in [3.05, 3.63) is 35.9 Å². The van der Waals surface area contributed by atoms with Crippen molar-refractivity contribution in [3.8, 4) is 0 Å². The van der Waals surface area contributed by atoms with Gasteiger partial charge in [-0.3, -0.25) is 4.99 Å². The normalized spacial score (nSPS) is 22.4. The monoisotopic (exact) mass is 442 g/mol. The van der Waals surface area contributed by atoms with Gasteiger partial charge in [0.1, 0.15) is 0 Å². The number of benzene rings is 1. The maximum absolute atomic E-state index is 4.52. The standard InChI is InChI=1S/C19H30N4.HI/c1-20-19(21-13-18(22(2)3)16-9-10-16)23-12-11-17(14-23)15-7-5-4-6-8-15;/h4-8,16-18H,9-14H2,1-3H3,(H,20,21);1H. The Hall–Kier alpha value is -0.820. The molecule has 2 aliphatic rings. The second-order valence-corrected chi connectivity index (χ2v) is 7.14. The number of likely N-dealkylation sites (tertiary alicyclic amines) is 1. The summed E-state index contributed by atoms with van der Waals surface area (Å²) in [4.78, 5) is 9.29. The SMILES string of the molecule is CN=C(NCC(C1CC1)N(C)C)N1CCC(c2ccccc2)C1.I. The molecule has 0 radical (unpaired) electrons. The molecular formula is C19H31IN4. The van der Waals surface area contributed by atoms with Crippen molar-refractivity contribution < 1.29 is 0 Å². The van der Waals surface area contributed by atoms with Crippen LogP contribution in [0, 0.1) is 5.92 Å². The van der Waals surface area contributed by atoms with Crippen LogP contribution in [0.4, 0.5) is 0 Å². The molecule has 5 heteroatoms. The van der Waals surface area contributed by atoms with Gasteiger partial charge in [0.15, 0.2) is 5.96 Å². The Morgan fingerprint density at radius 1 is 1.25 bits per heavy atom. The Morgan fingerprint density at radius 3 is 2.54 bits per heavy atom. The van der Waals surface area contributed by atoms with Crippen LogP contribution in [0.15, 0.2) is 35.3 Å². The zero-order chi connectivity index (χ0) is 16.2. The molecule has 0 aromatic heterocycles. The molecule has 3 rings (SSSR count). The number of aliphatic imine (C=N–C) groups is 1. The molecule has 1 saturated heterocycles. The van der Waals surface area contributed by atoms with E-state index in [0.29, 0.717) is 12.0 Å². The molecule has 0 amide bonds. The summed E-state index contributed by atoms with van der Waals surface area (Å²) in [6, 6.07) is 11.5. The number of halogens is 1. The van der Waals surface area contributed by atoms with Crippen molar-refractivity contribution in [2.24, 2.45) is 10.9 Å². The van der Waals surface area contributed by atoms with Crippen LogP contribution in [0.5, 0.6) is 0 Å². The molecule has 1 aliphatic carbocycles. The highest BCUT2D eigenvalue weighted by Crippen LogP contribution is 2.34. The number of nitrogens with one attached hydrogen (secondary N) is 1. The molecule has 4 nitrogen and oxygen atoms in total. The highest BCUT2D eigenvalue weighted by molar-refractivity contribution is 14.0. The summed E-state index contributed by atoms with van der Waals surface area (Å²) >= 11 is 0. The van der Waals surface area contributed by atoms with Gasteiger partial charge in [-0.25, -0.2) is 0 Å². The molecule has 1 heterocycles. The van der Waals surface area contributed by atoms with Crippen LogP contribution in [-0.2, 0) is 0 Å². The van der Waals surface area contributed by atoms with E-state index in [1.807, 2.05) is 7.05 Å². The first-order valence-electron chi connectivity index (χ1n) is 8.86. The minimum absolute atomic E-state index is 0. The average Bonchev–Trinajstić information content (AvgIpc) is 3.28. The molecule has 1 N–H and O–H groups in total. The summed E-state index contributed by atoms with van der Waals surface area (Å²) in [5.74, 6) is 2.56. The van der Waals surface area contributed by atoms with Gasteiger partial charge in [-0.15, -0.1) is 24.0 Å². The number of hydrogen-bond acceptors (Lipinski definition) is 2. The minimum atomic E-state index is 0. The zero-order valence-electron chi connectivity index (χ0n) is 15.1. The lowest BCUT2D eigenvalue weighted by atomic mass is 9.99. The van der Waals surface area contributed by atoms with Crippen molar-refractivity contribution >= 4 is 29.9 Å². The first-order valence-corrected chi connectivity index (χ1v) is 8.86. The van der Waals surface area contributed by atoms with Crippen LogP contribution in [0.3, 0.4) is 0 Å². The number of rotatable bonds is 5. The van der Waals surface area contributed by atoms with E-state index in [1.54, 1.807) is 0 Å². The van der Waals surface area contributed by atoms with Gasteiger partial charge in [-0.2, -0.15) is 0 Å². The molecule has 0 spiro atoms. The van der Waals surface area contributed by atoms with Crippen LogP contribution in [0.1, 0.15) is 30.7 Å². The lowest BCUT2D eigenvalue weighted by Gasteiger charge is -2.28. The third-order valence-electron chi connectivity index (χ3n) is 5.27. The van der Waals surface area contributed by atoms with Gasteiger partial charge in [0.25, 0.3) is 0 Å². The number of guanidine groups is 1. The smallest absolute Gasteiger partial charge is 0.193 e. The molecule has 2 unspecified atom stereocenters. The predicted molar refractivity (Wildman–Crippen MR) is 112 cm³/mol. The third-order valence-corrected chi connectivity index (χ3v) is 5.27. The van der Waals surface area contributed by atoms with Crippen molar-refractivity contribution in [3.63, 3.8) is 0 Å². The van der Waals surface area contributed by atoms with Crippen LogP contribution in [0.2, 0.25) is 0 Å². The molecule has 24 heavy (non-hydrogen) atoms. The van der Waals surface area contributed by atoms with E-state index in [4.69, 9.17) is 0 Å². The first kappa shape index (κ1) is 19.5. The van der Waals surface area contributed by atoms with E-state index in [-0.39, 0.29) is 24.0 Å². The molecule has 1 aromatic rings. The molecular weight excluding hydrogens is 411 g/mol. The molecule has 1 aliphatic heterocycles. The Labute approximate surface area is 163 Å². The number of likely N-dealkylation sites (N-methyl/N-ethyl adjacent to an activating group) is 1. The topological polar surface area (TPSA) is 30.9 Å². The zero-order valence-corrected chi connectivity index (χ0v) is 17.4. The van der Waals surface area contributed by atoms with Gasteiger partial charge in [0.05, 0.1) is 0 Å². The quantitative estimate of drug-likeness (QED) is 0.432. The molecule has 134 valence electrons. The average molecular weight is 442 g/mol. The summed E-state index contributed by atoms with van der Waals surface area (Å²) < 4.78 is 0. The van der Waals surface area contributed by atoms with Crippen LogP contribution in [-0.4, -0.2) is 62.6 Å². The van der Waals surface area contributed by atoms with E-state index in [1.165, 1.54) is 24.8 Å².